The number of benzene rings is 1. The second kappa shape index (κ2) is 5.41. The van der Waals surface area contributed by atoms with Crippen molar-refractivity contribution in [3.05, 3.63) is 28.8 Å². The minimum atomic E-state index is -1.42. The first kappa shape index (κ1) is 17.8. The Morgan fingerprint density at radius 3 is 2.79 bits per heavy atom. The molecule has 7 nitrogen and oxygen atoms in total. The molecule has 8 heteroatoms. The molecule has 0 aromatic heterocycles. The Kier molecular flexibility index (Phi) is 3.44. The Morgan fingerprint density at radius 2 is 2.04 bits per heavy atom. The molecule has 3 heterocycles. The molecule has 2 saturated heterocycles. The lowest BCUT2D eigenvalue weighted by atomic mass is 9.50. The van der Waals surface area contributed by atoms with Crippen LogP contribution in [0.1, 0.15) is 50.5 Å². The normalized spacial score (nSPS) is 37.5. The Morgan fingerprint density at radius 1 is 1.29 bits per heavy atom. The fourth-order valence-electron chi connectivity index (χ4n) is 6.19. The van der Waals surface area contributed by atoms with Crippen LogP contribution in [-0.4, -0.2) is 36.5 Å². The van der Waals surface area contributed by atoms with Crippen molar-refractivity contribution in [1.82, 2.24) is 0 Å². The third-order valence-corrected chi connectivity index (χ3v) is 7.46. The van der Waals surface area contributed by atoms with Crippen LogP contribution in [0.15, 0.2) is 18.2 Å². The summed E-state index contributed by atoms with van der Waals surface area (Å²) in [5.74, 6) is -2.79. The number of methoxy groups -OCH3 is 1. The summed E-state index contributed by atoms with van der Waals surface area (Å²) < 4.78 is 16.4. The molecule has 1 aromatic rings. The molecule has 148 valence electrons. The highest BCUT2D eigenvalue weighted by molar-refractivity contribution is 6.34. The van der Waals surface area contributed by atoms with Gasteiger partial charge < -0.3 is 14.2 Å². The van der Waals surface area contributed by atoms with Gasteiger partial charge in [0.2, 0.25) is 0 Å². The van der Waals surface area contributed by atoms with Crippen LogP contribution in [-0.2, 0) is 23.8 Å². The van der Waals surface area contributed by atoms with Gasteiger partial charge in [-0.1, -0.05) is 36.6 Å². The van der Waals surface area contributed by atoms with E-state index < -0.39 is 40.7 Å². The second-order valence-corrected chi connectivity index (χ2v) is 8.50. The summed E-state index contributed by atoms with van der Waals surface area (Å²) in [5.41, 5.74) is -0.945. The number of esters is 2. The fourth-order valence-corrected chi connectivity index (χ4v) is 6.46. The summed E-state index contributed by atoms with van der Waals surface area (Å²) in [7, 11) is 1.32. The highest BCUT2D eigenvalue weighted by Gasteiger charge is 2.85. The lowest BCUT2D eigenvalue weighted by Crippen LogP contribution is -2.69. The molecular formula is C20H20ClNO6. The van der Waals surface area contributed by atoms with Gasteiger partial charge in [-0.3, -0.25) is 14.5 Å². The van der Waals surface area contributed by atoms with Gasteiger partial charge in [0.1, 0.15) is 11.0 Å². The molecule has 1 spiro atoms. The third kappa shape index (κ3) is 1.71. The summed E-state index contributed by atoms with van der Waals surface area (Å²) in [6.07, 6.45) is 2.06. The SMILES string of the molecule is COC(=O)C[C@H]1c2cccc(Cl)c2N2C(=O)O[C@]3(C)OC(=O)[C@]14CCCC[C@@]234. The van der Waals surface area contributed by atoms with E-state index in [1.165, 1.54) is 7.11 Å². The number of fused-ring (bicyclic) bond motifs is 2. The summed E-state index contributed by atoms with van der Waals surface area (Å²) in [4.78, 5) is 40.3. The van der Waals surface area contributed by atoms with E-state index in [0.717, 1.165) is 12.8 Å². The molecule has 0 unspecified atom stereocenters. The molecule has 0 bridgehead atoms. The van der Waals surface area contributed by atoms with Crippen LogP contribution >= 0.6 is 11.6 Å². The lowest BCUT2D eigenvalue weighted by Gasteiger charge is -2.56. The predicted molar refractivity (Wildman–Crippen MR) is 97.9 cm³/mol. The van der Waals surface area contributed by atoms with E-state index in [1.807, 2.05) is 6.07 Å². The zero-order chi connectivity index (χ0) is 19.9. The number of para-hydroxylation sites is 1. The van der Waals surface area contributed by atoms with Crippen molar-refractivity contribution < 1.29 is 28.6 Å². The van der Waals surface area contributed by atoms with Crippen LogP contribution in [0.25, 0.3) is 0 Å². The highest BCUT2D eigenvalue weighted by atomic mass is 35.5. The summed E-state index contributed by atoms with van der Waals surface area (Å²) in [6, 6.07) is 5.28. The van der Waals surface area contributed by atoms with Gasteiger partial charge >= 0.3 is 18.0 Å². The molecule has 5 rings (SSSR count). The van der Waals surface area contributed by atoms with Crippen LogP contribution in [0.3, 0.4) is 0 Å². The maximum absolute atomic E-state index is 13.4. The number of halogens is 1. The van der Waals surface area contributed by atoms with Crippen LogP contribution in [0.2, 0.25) is 5.02 Å². The largest absolute Gasteiger partial charge is 0.469 e. The Balaban J connectivity index is 1.87. The van der Waals surface area contributed by atoms with E-state index in [9.17, 15) is 14.4 Å². The zero-order valence-corrected chi connectivity index (χ0v) is 16.4. The Labute approximate surface area is 166 Å². The molecule has 1 saturated carbocycles. The molecule has 3 aliphatic heterocycles. The summed E-state index contributed by atoms with van der Waals surface area (Å²) in [6.45, 7) is 1.65. The fraction of sp³-hybridized carbons (Fsp3) is 0.550. The van der Waals surface area contributed by atoms with E-state index in [4.69, 9.17) is 25.8 Å². The van der Waals surface area contributed by atoms with Gasteiger partial charge in [0.05, 0.1) is 24.2 Å². The number of carbonyl (C=O) groups excluding carboxylic acids is 3. The first-order valence-electron chi connectivity index (χ1n) is 9.44. The number of ether oxygens (including phenoxy) is 3. The first-order chi connectivity index (χ1) is 13.3. The summed E-state index contributed by atoms with van der Waals surface area (Å²) >= 11 is 6.54. The molecule has 4 atom stereocenters. The highest BCUT2D eigenvalue weighted by Crippen LogP contribution is 2.72. The molecule has 1 amide bonds. The number of rotatable bonds is 2. The van der Waals surface area contributed by atoms with Gasteiger partial charge in [0, 0.05) is 12.8 Å². The van der Waals surface area contributed by atoms with Crippen molar-refractivity contribution in [3.63, 3.8) is 0 Å². The van der Waals surface area contributed by atoms with Gasteiger partial charge in [0.15, 0.2) is 0 Å². The van der Waals surface area contributed by atoms with Crippen LogP contribution in [0.5, 0.6) is 0 Å². The van der Waals surface area contributed by atoms with Crippen molar-refractivity contribution in [3.8, 4) is 0 Å². The third-order valence-electron chi connectivity index (χ3n) is 7.16. The zero-order valence-electron chi connectivity index (χ0n) is 15.6. The quantitative estimate of drug-likeness (QED) is 0.700. The van der Waals surface area contributed by atoms with E-state index >= 15 is 0 Å². The van der Waals surface area contributed by atoms with Crippen LogP contribution in [0, 0.1) is 5.41 Å². The number of carbonyl (C=O) groups is 3. The molecular weight excluding hydrogens is 386 g/mol. The van der Waals surface area contributed by atoms with E-state index in [0.29, 0.717) is 29.1 Å². The minimum absolute atomic E-state index is 0.00119. The average molecular weight is 406 g/mol. The maximum atomic E-state index is 13.4. The molecule has 1 aromatic carbocycles. The first-order valence-corrected chi connectivity index (χ1v) is 9.82. The molecule has 1 aliphatic carbocycles. The van der Waals surface area contributed by atoms with E-state index in [2.05, 4.69) is 0 Å². The number of amides is 1. The number of hydrogen-bond donors (Lipinski definition) is 0. The summed E-state index contributed by atoms with van der Waals surface area (Å²) in [5, 5.41) is 0.376. The standard InChI is InChI=1S/C20H20ClNO6/c1-18-20-9-4-3-8-19(20,16(24)27-18)12(10-14(23)26-2)11-6-5-7-13(21)15(11)22(20)17(25)28-18/h5-7,12H,3-4,8-10H2,1-2H3/t12-,18-,19-,20+/m0/s1. The van der Waals surface area contributed by atoms with Crippen molar-refractivity contribution >= 4 is 35.3 Å². The van der Waals surface area contributed by atoms with Gasteiger partial charge in [0.25, 0.3) is 5.79 Å². The van der Waals surface area contributed by atoms with E-state index in [1.54, 1.807) is 24.0 Å². The molecule has 0 N–H and O–H groups in total. The number of hydrogen-bond acceptors (Lipinski definition) is 6. The molecule has 0 radical (unpaired) electrons. The predicted octanol–water partition coefficient (Wildman–Crippen LogP) is 3.53. The molecule has 4 aliphatic rings. The second-order valence-electron chi connectivity index (χ2n) is 8.09. The molecule has 28 heavy (non-hydrogen) atoms. The van der Waals surface area contributed by atoms with Crippen molar-refractivity contribution in [2.45, 2.75) is 56.3 Å². The smallest absolute Gasteiger partial charge is 0.418 e. The molecule has 3 fully saturated rings. The number of nitrogens with zero attached hydrogens (tertiary/aromatic N) is 1. The van der Waals surface area contributed by atoms with Crippen LogP contribution < -0.4 is 4.90 Å². The topological polar surface area (TPSA) is 82.1 Å². The van der Waals surface area contributed by atoms with E-state index in [-0.39, 0.29) is 6.42 Å². The average Bonchev–Trinajstić information content (AvgIpc) is 3.00. The van der Waals surface area contributed by atoms with Crippen LogP contribution in [0.4, 0.5) is 10.5 Å². The Hall–Kier alpha value is -2.28. The van der Waals surface area contributed by atoms with Crippen molar-refractivity contribution in [2.24, 2.45) is 5.41 Å². The Bertz CT molecular complexity index is 933. The number of anilines is 1. The van der Waals surface area contributed by atoms with Gasteiger partial charge in [-0.05, 0) is 24.5 Å². The monoisotopic (exact) mass is 405 g/mol. The maximum Gasteiger partial charge on any atom is 0.418 e. The van der Waals surface area contributed by atoms with Gasteiger partial charge in [-0.15, -0.1) is 0 Å². The van der Waals surface area contributed by atoms with Gasteiger partial charge in [-0.2, -0.15) is 0 Å². The van der Waals surface area contributed by atoms with Gasteiger partial charge in [-0.25, -0.2) is 4.79 Å². The lowest BCUT2D eigenvalue weighted by molar-refractivity contribution is -0.182. The minimum Gasteiger partial charge on any atom is -0.469 e. The van der Waals surface area contributed by atoms with Crippen molar-refractivity contribution in [2.75, 3.05) is 12.0 Å². The van der Waals surface area contributed by atoms with Crippen molar-refractivity contribution in [1.29, 1.82) is 0 Å².